The van der Waals surface area contributed by atoms with Gasteiger partial charge in [0.1, 0.15) is 11.9 Å². The van der Waals surface area contributed by atoms with Crippen LogP contribution in [0.2, 0.25) is 0 Å². The summed E-state index contributed by atoms with van der Waals surface area (Å²) < 4.78 is 14.4. The van der Waals surface area contributed by atoms with Crippen molar-refractivity contribution >= 4 is 23.0 Å². The van der Waals surface area contributed by atoms with Gasteiger partial charge in [0.05, 0.1) is 17.4 Å². The van der Waals surface area contributed by atoms with Crippen LogP contribution in [0.3, 0.4) is 0 Å². The van der Waals surface area contributed by atoms with Crippen LogP contribution in [0.15, 0.2) is 67.0 Å². The first-order valence-electron chi connectivity index (χ1n) is 7.64. The summed E-state index contributed by atoms with van der Waals surface area (Å²) in [5, 5.41) is 3.77. The van der Waals surface area contributed by atoms with Gasteiger partial charge >= 0.3 is 0 Å². The number of halogens is 1. The van der Waals surface area contributed by atoms with Gasteiger partial charge in [-0.1, -0.05) is 18.2 Å². The number of nitrogens with one attached hydrogen (secondary N) is 2. The average molecular weight is 338 g/mol. The molecule has 0 amide bonds. The summed E-state index contributed by atoms with van der Waals surface area (Å²) >= 11 is 5.52. The van der Waals surface area contributed by atoms with E-state index in [9.17, 15) is 4.39 Å². The number of aromatic nitrogens is 2. The Morgan fingerprint density at radius 1 is 1.04 bits per heavy atom. The lowest BCUT2D eigenvalue weighted by Gasteiger charge is -2.27. The third-order valence-corrected chi connectivity index (χ3v) is 4.47. The molecule has 1 aliphatic heterocycles. The minimum Gasteiger partial charge on any atom is -0.363 e. The third kappa shape index (κ3) is 2.45. The van der Waals surface area contributed by atoms with Crippen LogP contribution in [0.1, 0.15) is 23.5 Å². The molecule has 4 nitrogen and oxygen atoms in total. The molecule has 2 atom stereocenters. The largest absolute Gasteiger partial charge is 0.363 e. The molecule has 2 N–H and O–H groups in total. The highest BCUT2D eigenvalue weighted by Gasteiger charge is 2.41. The zero-order valence-electron chi connectivity index (χ0n) is 12.7. The number of benzene rings is 1. The van der Waals surface area contributed by atoms with E-state index in [1.54, 1.807) is 24.4 Å². The summed E-state index contributed by atoms with van der Waals surface area (Å²) in [5.41, 5.74) is 2.26. The van der Waals surface area contributed by atoms with E-state index in [2.05, 4.69) is 15.3 Å². The molecule has 0 bridgehead atoms. The van der Waals surface area contributed by atoms with Gasteiger partial charge in [-0.3, -0.25) is 4.98 Å². The molecule has 24 heavy (non-hydrogen) atoms. The van der Waals surface area contributed by atoms with E-state index in [0.717, 1.165) is 11.4 Å². The molecule has 0 saturated carbocycles. The second kappa shape index (κ2) is 6.05. The topological polar surface area (TPSA) is 44.0 Å². The van der Waals surface area contributed by atoms with Gasteiger partial charge in [-0.25, -0.2) is 4.39 Å². The van der Waals surface area contributed by atoms with E-state index < -0.39 is 0 Å². The number of hydrogen-bond acceptors (Lipinski definition) is 2. The lowest BCUT2D eigenvalue weighted by atomic mass is 10.0. The first-order valence-corrected chi connectivity index (χ1v) is 8.05. The van der Waals surface area contributed by atoms with E-state index >= 15 is 0 Å². The van der Waals surface area contributed by atoms with Gasteiger partial charge in [-0.2, -0.15) is 0 Å². The van der Waals surface area contributed by atoms with Crippen molar-refractivity contribution in [3.8, 4) is 0 Å². The molecule has 0 radical (unpaired) electrons. The lowest BCUT2D eigenvalue weighted by Crippen LogP contribution is -2.30. The second-order valence-corrected chi connectivity index (χ2v) is 5.96. The molecular formula is C18H15FN4S. The smallest absolute Gasteiger partial charge is 0.174 e. The van der Waals surface area contributed by atoms with Crippen LogP contribution in [0.4, 0.5) is 10.1 Å². The van der Waals surface area contributed by atoms with Crippen LogP contribution in [0.25, 0.3) is 0 Å². The normalized spacial score (nSPS) is 20.2. The van der Waals surface area contributed by atoms with Crippen molar-refractivity contribution in [2.24, 2.45) is 0 Å². The molecule has 6 heteroatoms. The maximum absolute atomic E-state index is 14.4. The van der Waals surface area contributed by atoms with Gasteiger partial charge < -0.3 is 15.2 Å². The molecule has 2 unspecified atom stereocenters. The van der Waals surface area contributed by atoms with E-state index in [0.29, 0.717) is 10.8 Å². The number of hydrogen-bond donors (Lipinski definition) is 2. The van der Waals surface area contributed by atoms with Crippen molar-refractivity contribution in [1.82, 2.24) is 15.3 Å². The molecule has 1 saturated heterocycles. The van der Waals surface area contributed by atoms with Crippen LogP contribution in [-0.4, -0.2) is 15.1 Å². The van der Waals surface area contributed by atoms with Gasteiger partial charge in [-0.05, 0) is 48.6 Å². The fraction of sp³-hybridized carbons (Fsp3) is 0.111. The zero-order chi connectivity index (χ0) is 16.5. The van der Waals surface area contributed by atoms with Crippen LogP contribution < -0.4 is 10.2 Å². The summed E-state index contributed by atoms with van der Waals surface area (Å²) in [5.74, 6) is -0.306. The monoisotopic (exact) mass is 338 g/mol. The molecule has 120 valence electrons. The Morgan fingerprint density at radius 3 is 2.58 bits per heavy atom. The Bertz CT molecular complexity index is 850. The number of rotatable bonds is 3. The van der Waals surface area contributed by atoms with Crippen molar-refractivity contribution in [3.05, 3.63) is 84.2 Å². The Morgan fingerprint density at radius 2 is 1.88 bits per heavy atom. The third-order valence-electron chi connectivity index (χ3n) is 4.15. The predicted octanol–water partition coefficient (Wildman–Crippen LogP) is 3.73. The van der Waals surface area contributed by atoms with E-state index in [1.807, 2.05) is 41.4 Å². The Balaban J connectivity index is 1.84. The van der Waals surface area contributed by atoms with Crippen molar-refractivity contribution in [2.45, 2.75) is 12.1 Å². The van der Waals surface area contributed by atoms with Crippen LogP contribution in [-0.2, 0) is 0 Å². The number of nitrogens with zero attached hydrogens (tertiary/aromatic N) is 2. The maximum Gasteiger partial charge on any atom is 0.174 e. The van der Waals surface area contributed by atoms with Crippen molar-refractivity contribution < 1.29 is 4.39 Å². The number of thiocarbonyl (C=S) groups is 1. The molecule has 3 aromatic rings. The zero-order valence-corrected chi connectivity index (χ0v) is 13.5. The molecule has 4 rings (SSSR count). The minimum absolute atomic E-state index is 0.169. The number of anilines is 1. The van der Waals surface area contributed by atoms with Gasteiger partial charge in [0.15, 0.2) is 5.11 Å². The van der Waals surface area contributed by atoms with Crippen LogP contribution >= 0.6 is 12.2 Å². The van der Waals surface area contributed by atoms with Crippen molar-refractivity contribution in [3.63, 3.8) is 0 Å². The summed E-state index contributed by atoms with van der Waals surface area (Å²) in [6.07, 6.45) is 3.60. The molecule has 2 aromatic heterocycles. The first-order chi connectivity index (χ1) is 11.8. The number of aromatic amines is 1. The van der Waals surface area contributed by atoms with Crippen molar-refractivity contribution in [1.29, 1.82) is 0 Å². The molecule has 1 aromatic carbocycles. The summed E-state index contributed by atoms with van der Waals surface area (Å²) in [6.45, 7) is 0. The van der Waals surface area contributed by atoms with Crippen LogP contribution in [0.5, 0.6) is 0 Å². The Kier molecular flexibility index (Phi) is 3.74. The van der Waals surface area contributed by atoms with Gasteiger partial charge in [0.2, 0.25) is 0 Å². The quantitative estimate of drug-likeness (QED) is 0.714. The Hall–Kier alpha value is -2.73. The average Bonchev–Trinajstić information content (AvgIpc) is 3.24. The van der Waals surface area contributed by atoms with Crippen molar-refractivity contribution in [2.75, 3.05) is 4.90 Å². The Labute approximate surface area is 144 Å². The molecule has 0 aliphatic carbocycles. The molecule has 3 heterocycles. The number of H-pyrrole nitrogens is 1. The molecule has 1 aliphatic rings. The van der Waals surface area contributed by atoms with Gasteiger partial charge in [0, 0.05) is 18.1 Å². The fourth-order valence-electron chi connectivity index (χ4n) is 3.11. The number of pyridine rings is 1. The van der Waals surface area contributed by atoms with Gasteiger partial charge in [-0.15, -0.1) is 0 Å². The SMILES string of the molecule is Fc1ccccc1N1C(=S)NC(c2ccccn2)C1c1ccc[nH]1. The highest BCUT2D eigenvalue weighted by molar-refractivity contribution is 7.80. The minimum atomic E-state index is -0.306. The maximum atomic E-state index is 14.4. The second-order valence-electron chi connectivity index (χ2n) is 5.57. The summed E-state index contributed by atoms with van der Waals surface area (Å²) in [4.78, 5) is 9.49. The van der Waals surface area contributed by atoms with Gasteiger partial charge in [0.25, 0.3) is 0 Å². The fourth-order valence-corrected chi connectivity index (χ4v) is 3.44. The summed E-state index contributed by atoms with van der Waals surface area (Å²) in [7, 11) is 0. The molecule has 0 spiro atoms. The lowest BCUT2D eigenvalue weighted by molar-refractivity contribution is 0.550. The number of para-hydroxylation sites is 1. The molecular weight excluding hydrogens is 323 g/mol. The standard InChI is InChI=1S/C18H15FN4S/c19-12-6-1-2-9-15(12)23-17(14-8-5-11-21-14)16(22-18(23)24)13-7-3-4-10-20-13/h1-11,16-17,21H,(H,22,24). The predicted molar refractivity (Wildman–Crippen MR) is 95.1 cm³/mol. The summed E-state index contributed by atoms with van der Waals surface area (Å²) in [6, 6.07) is 15.9. The van der Waals surface area contributed by atoms with E-state index in [-0.39, 0.29) is 17.9 Å². The van der Waals surface area contributed by atoms with E-state index in [1.165, 1.54) is 6.07 Å². The van der Waals surface area contributed by atoms with Crippen LogP contribution in [0, 0.1) is 5.82 Å². The highest BCUT2D eigenvalue weighted by Crippen LogP contribution is 2.41. The highest BCUT2D eigenvalue weighted by atomic mass is 32.1. The first kappa shape index (κ1) is 14.8. The molecule has 1 fully saturated rings. The van der Waals surface area contributed by atoms with E-state index in [4.69, 9.17) is 12.2 Å².